The molecule has 2 N–H and O–H groups in total. The van der Waals surface area contributed by atoms with Gasteiger partial charge in [-0.3, -0.25) is 4.79 Å². The van der Waals surface area contributed by atoms with E-state index >= 15 is 0 Å². The zero-order valence-electron chi connectivity index (χ0n) is 7.48. The van der Waals surface area contributed by atoms with Crippen molar-refractivity contribution in [2.75, 3.05) is 12.8 Å². The maximum absolute atomic E-state index is 10.6. The van der Waals surface area contributed by atoms with E-state index in [1.807, 2.05) is 0 Å². The number of aromatic nitrogens is 1. The average Bonchev–Trinajstić information content (AvgIpc) is 2.55. The molecule has 0 aliphatic rings. The number of nitrogens with two attached hydrogens (primary N) is 1. The van der Waals surface area contributed by atoms with Crippen LogP contribution in [-0.2, 0) is 0 Å². The first-order valence-corrected chi connectivity index (χ1v) is 3.94. The molecule has 0 amide bonds. The lowest BCUT2D eigenvalue weighted by molar-refractivity contribution is 0.110. The maximum Gasteiger partial charge on any atom is 0.226 e. The number of pyridine rings is 1. The van der Waals surface area contributed by atoms with Gasteiger partial charge >= 0.3 is 0 Å². The molecule has 2 aromatic rings. The Bertz CT molecular complexity index is 490. The predicted molar refractivity (Wildman–Crippen MR) is 50.4 cm³/mol. The molecule has 2 aromatic heterocycles. The predicted octanol–water partition coefficient (Wildman–Crippen LogP) is 1.23. The van der Waals surface area contributed by atoms with Gasteiger partial charge in [0.15, 0.2) is 12.0 Å². The number of hydrogen-bond donors (Lipinski definition) is 1. The number of anilines is 1. The molecule has 5 nitrogen and oxygen atoms in total. The zero-order chi connectivity index (χ0) is 10.1. The van der Waals surface area contributed by atoms with Crippen molar-refractivity contribution in [2.24, 2.45) is 0 Å². The summed E-state index contributed by atoms with van der Waals surface area (Å²) in [5, 5.41) is 0.539. The molecule has 0 radical (unpaired) electrons. The maximum atomic E-state index is 10.6. The molecule has 0 saturated carbocycles. The van der Waals surface area contributed by atoms with Crippen molar-refractivity contribution < 1.29 is 13.9 Å². The van der Waals surface area contributed by atoms with Crippen molar-refractivity contribution in [1.29, 1.82) is 0 Å². The number of carbonyl (C=O) groups excluding carboxylic acids is 1. The fraction of sp³-hybridized carbons (Fsp3) is 0.111. The summed E-state index contributed by atoms with van der Waals surface area (Å²) in [6, 6.07) is 1.63. The van der Waals surface area contributed by atoms with Crippen LogP contribution in [0.5, 0.6) is 5.88 Å². The molecule has 14 heavy (non-hydrogen) atoms. The molecule has 2 rings (SSSR count). The minimum Gasteiger partial charge on any atom is -0.480 e. The zero-order valence-corrected chi connectivity index (χ0v) is 7.48. The Balaban J connectivity index is 2.85. The minimum atomic E-state index is 0.103. The SMILES string of the molecule is COc1nccc2oc(C=O)c(N)c12. The van der Waals surface area contributed by atoms with Gasteiger partial charge in [0, 0.05) is 12.3 Å². The van der Waals surface area contributed by atoms with Gasteiger partial charge in [0.2, 0.25) is 5.88 Å². The van der Waals surface area contributed by atoms with Crippen LogP contribution in [0, 0.1) is 0 Å². The number of hydrogen-bond acceptors (Lipinski definition) is 5. The van der Waals surface area contributed by atoms with Gasteiger partial charge in [0.1, 0.15) is 11.0 Å². The van der Waals surface area contributed by atoms with E-state index in [-0.39, 0.29) is 11.4 Å². The van der Waals surface area contributed by atoms with E-state index in [1.165, 1.54) is 13.3 Å². The number of aldehydes is 1. The molecule has 5 heteroatoms. The largest absolute Gasteiger partial charge is 0.480 e. The van der Waals surface area contributed by atoms with Gasteiger partial charge in [-0.25, -0.2) is 4.98 Å². The van der Waals surface area contributed by atoms with Crippen LogP contribution in [0.2, 0.25) is 0 Å². The molecule has 2 heterocycles. The van der Waals surface area contributed by atoms with Crippen molar-refractivity contribution >= 4 is 22.9 Å². The van der Waals surface area contributed by atoms with Gasteiger partial charge in [-0.05, 0) is 0 Å². The molecule has 0 fully saturated rings. The molecule has 0 spiro atoms. The fourth-order valence-corrected chi connectivity index (χ4v) is 1.30. The minimum absolute atomic E-state index is 0.103. The second kappa shape index (κ2) is 3.02. The van der Waals surface area contributed by atoms with Crippen LogP contribution in [0.1, 0.15) is 10.6 Å². The van der Waals surface area contributed by atoms with Gasteiger partial charge in [0.05, 0.1) is 12.8 Å². The summed E-state index contributed by atoms with van der Waals surface area (Å²) in [4.78, 5) is 14.5. The Morgan fingerprint density at radius 1 is 1.64 bits per heavy atom. The molecule has 0 aliphatic heterocycles. The lowest BCUT2D eigenvalue weighted by atomic mass is 10.2. The summed E-state index contributed by atoms with van der Waals surface area (Å²) in [6.07, 6.45) is 2.09. The van der Waals surface area contributed by atoms with Gasteiger partial charge in [-0.1, -0.05) is 0 Å². The number of nitrogen functional groups attached to an aromatic ring is 1. The summed E-state index contributed by atoms with van der Waals surface area (Å²) in [5.41, 5.74) is 6.44. The molecule has 0 unspecified atom stereocenters. The van der Waals surface area contributed by atoms with Crippen LogP contribution in [0.4, 0.5) is 5.69 Å². The van der Waals surface area contributed by atoms with E-state index in [0.717, 1.165) is 0 Å². The summed E-state index contributed by atoms with van der Waals surface area (Å²) in [5.74, 6) is 0.461. The van der Waals surface area contributed by atoms with Crippen molar-refractivity contribution in [3.05, 3.63) is 18.0 Å². The van der Waals surface area contributed by atoms with Gasteiger partial charge in [-0.2, -0.15) is 0 Å². The Labute approximate surface area is 79.5 Å². The van der Waals surface area contributed by atoms with Crippen LogP contribution in [0.15, 0.2) is 16.7 Å². The fourth-order valence-electron chi connectivity index (χ4n) is 1.30. The van der Waals surface area contributed by atoms with E-state index in [0.29, 0.717) is 23.1 Å². The third-order valence-corrected chi connectivity index (χ3v) is 1.93. The number of carbonyl (C=O) groups is 1. The van der Waals surface area contributed by atoms with Gasteiger partial charge in [0.25, 0.3) is 0 Å². The van der Waals surface area contributed by atoms with E-state index < -0.39 is 0 Å². The first-order valence-electron chi connectivity index (χ1n) is 3.94. The Hall–Kier alpha value is -2.04. The van der Waals surface area contributed by atoms with E-state index in [2.05, 4.69) is 4.98 Å². The topological polar surface area (TPSA) is 78.4 Å². The normalized spacial score (nSPS) is 10.4. The number of rotatable bonds is 2. The number of nitrogens with zero attached hydrogens (tertiary/aromatic N) is 1. The Morgan fingerprint density at radius 3 is 3.07 bits per heavy atom. The number of fused-ring (bicyclic) bond motifs is 1. The number of ether oxygens (including phenoxy) is 1. The van der Waals surface area contributed by atoms with Crippen molar-refractivity contribution in [1.82, 2.24) is 4.98 Å². The quantitative estimate of drug-likeness (QED) is 0.724. The highest BCUT2D eigenvalue weighted by Gasteiger charge is 2.15. The lowest BCUT2D eigenvalue weighted by Crippen LogP contribution is -1.91. The van der Waals surface area contributed by atoms with Crippen molar-refractivity contribution in [2.45, 2.75) is 0 Å². The molecule has 0 aromatic carbocycles. The Kier molecular flexibility index (Phi) is 1.85. The van der Waals surface area contributed by atoms with Crippen LogP contribution >= 0.6 is 0 Å². The highest BCUT2D eigenvalue weighted by molar-refractivity contribution is 6.01. The monoisotopic (exact) mass is 192 g/mol. The standard InChI is InChI=1S/C9H8N2O3/c1-13-9-7-5(2-3-11-9)14-6(4-12)8(7)10/h2-4H,10H2,1H3. The third kappa shape index (κ3) is 1.02. The lowest BCUT2D eigenvalue weighted by Gasteiger charge is -1.98. The molecule has 0 saturated heterocycles. The molecular weight excluding hydrogens is 184 g/mol. The molecule has 0 aliphatic carbocycles. The smallest absolute Gasteiger partial charge is 0.226 e. The molecular formula is C9H8N2O3. The first kappa shape index (κ1) is 8.55. The second-order valence-electron chi connectivity index (χ2n) is 2.69. The van der Waals surface area contributed by atoms with Crippen LogP contribution < -0.4 is 10.5 Å². The van der Waals surface area contributed by atoms with Gasteiger partial charge in [-0.15, -0.1) is 0 Å². The average molecular weight is 192 g/mol. The van der Waals surface area contributed by atoms with E-state index in [4.69, 9.17) is 14.9 Å². The molecule has 0 bridgehead atoms. The summed E-state index contributed by atoms with van der Waals surface area (Å²) in [6.45, 7) is 0. The van der Waals surface area contributed by atoms with Crippen LogP contribution in [0.3, 0.4) is 0 Å². The summed E-state index contributed by atoms with van der Waals surface area (Å²) >= 11 is 0. The third-order valence-electron chi connectivity index (χ3n) is 1.93. The number of furan rings is 1. The van der Waals surface area contributed by atoms with E-state index in [1.54, 1.807) is 6.07 Å². The molecule has 0 atom stereocenters. The molecule has 72 valence electrons. The van der Waals surface area contributed by atoms with E-state index in [9.17, 15) is 4.79 Å². The second-order valence-corrected chi connectivity index (χ2v) is 2.69. The van der Waals surface area contributed by atoms with Crippen LogP contribution in [0.25, 0.3) is 11.0 Å². The van der Waals surface area contributed by atoms with Crippen LogP contribution in [-0.4, -0.2) is 18.4 Å². The highest BCUT2D eigenvalue weighted by atomic mass is 16.5. The van der Waals surface area contributed by atoms with Gasteiger partial charge < -0.3 is 14.9 Å². The van der Waals surface area contributed by atoms with Crippen molar-refractivity contribution in [3.63, 3.8) is 0 Å². The summed E-state index contributed by atoms with van der Waals surface area (Å²) < 4.78 is 10.2. The highest BCUT2D eigenvalue weighted by Crippen LogP contribution is 2.32. The first-order chi connectivity index (χ1) is 6.77. The Morgan fingerprint density at radius 2 is 2.43 bits per heavy atom. The number of methoxy groups -OCH3 is 1. The van der Waals surface area contributed by atoms with Crippen molar-refractivity contribution in [3.8, 4) is 5.88 Å². The summed E-state index contributed by atoms with van der Waals surface area (Å²) in [7, 11) is 1.48.